The molecule has 0 spiro atoms. The minimum Gasteiger partial charge on any atom is -0.312 e. The maximum Gasteiger partial charge on any atom is 0.221 e. The molecule has 0 radical (unpaired) electrons. The molecule has 0 aromatic carbocycles. The summed E-state index contributed by atoms with van der Waals surface area (Å²) in [4.78, 5) is 13.5. The van der Waals surface area contributed by atoms with Gasteiger partial charge in [-0.2, -0.15) is 5.10 Å². The summed E-state index contributed by atoms with van der Waals surface area (Å²) in [7, 11) is 0. The van der Waals surface area contributed by atoms with Crippen LogP contribution in [0, 0.1) is 0 Å². The van der Waals surface area contributed by atoms with Crippen LogP contribution in [0.3, 0.4) is 0 Å². The standard InChI is InChI=1S/C18H16N10/c1-2-16-20-3-4-26(16)9-12(1)10-28-18-17(24-25-28)21-8-15(23-18)13-5-22-27(11-13)14-6-19-7-14/h1-5,8-9,11,14,19H,6-7,10H2. The van der Waals surface area contributed by atoms with Crippen LogP contribution in [-0.2, 0) is 6.54 Å². The van der Waals surface area contributed by atoms with Gasteiger partial charge in [-0.25, -0.2) is 19.6 Å². The van der Waals surface area contributed by atoms with Gasteiger partial charge in [-0.15, -0.1) is 5.10 Å². The molecule has 10 nitrogen and oxygen atoms in total. The van der Waals surface area contributed by atoms with Gasteiger partial charge in [-0.05, 0) is 11.6 Å². The lowest BCUT2D eigenvalue weighted by Crippen LogP contribution is -2.43. The van der Waals surface area contributed by atoms with Gasteiger partial charge in [0.2, 0.25) is 5.65 Å². The van der Waals surface area contributed by atoms with Gasteiger partial charge in [0, 0.05) is 43.4 Å². The normalized spacial score (nSPS) is 14.7. The summed E-state index contributed by atoms with van der Waals surface area (Å²) in [6.45, 7) is 2.45. The molecule has 0 aliphatic carbocycles. The smallest absolute Gasteiger partial charge is 0.221 e. The number of nitrogens with zero attached hydrogens (tertiary/aromatic N) is 9. The number of rotatable bonds is 4. The molecular formula is C18H16N10. The minimum atomic E-state index is 0.413. The second-order valence-electron chi connectivity index (χ2n) is 6.90. The SMILES string of the molecule is c1cn2cc(Cn3nnc4ncc(-c5cnn(C6CNC6)c5)nc43)ccc2n1. The number of aromatic nitrogens is 9. The third kappa shape index (κ3) is 2.46. The Balaban J connectivity index is 1.35. The van der Waals surface area contributed by atoms with Crippen molar-refractivity contribution in [3.63, 3.8) is 0 Å². The maximum absolute atomic E-state index is 4.76. The third-order valence-corrected chi connectivity index (χ3v) is 5.04. The molecule has 138 valence electrons. The van der Waals surface area contributed by atoms with E-state index in [-0.39, 0.29) is 0 Å². The Bertz CT molecular complexity index is 1290. The number of fused-ring (bicyclic) bond motifs is 2. The molecule has 1 fully saturated rings. The lowest BCUT2D eigenvalue weighted by atomic mass is 10.2. The fraction of sp³-hybridized carbons (Fsp3) is 0.222. The zero-order chi connectivity index (χ0) is 18.5. The van der Waals surface area contributed by atoms with Crippen molar-refractivity contribution in [1.82, 2.24) is 49.4 Å². The quantitative estimate of drug-likeness (QED) is 0.500. The minimum absolute atomic E-state index is 0.413. The highest BCUT2D eigenvalue weighted by atomic mass is 15.5. The van der Waals surface area contributed by atoms with Gasteiger partial charge in [0.05, 0.1) is 30.7 Å². The lowest BCUT2D eigenvalue weighted by Gasteiger charge is -2.27. The molecule has 0 unspecified atom stereocenters. The molecule has 6 heterocycles. The van der Waals surface area contributed by atoms with E-state index in [9.17, 15) is 0 Å². The van der Waals surface area contributed by atoms with E-state index >= 15 is 0 Å². The van der Waals surface area contributed by atoms with Crippen molar-refractivity contribution in [3.8, 4) is 11.3 Å². The summed E-state index contributed by atoms with van der Waals surface area (Å²) in [6.07, 6.45) is 11.3. The predicted octanol–water partition coefficient (Wildman–Crippen LogP) is 0.925. The molecule has 6 rings (SSSR count). The molecule has 1 saturated heterocycles. The number of pyridine rings is 1. The highest BCUT2D eigenvalue weighted by molar-refractivity contribution is 5.69. The highest BCUT2D eigenvalue weighted by Gasteiger charge is 2.20. The molecule has 10 heteroatoms. The summed E-state index contributed by atoms with van der Waals surface area (Å²) in [5, 5.41) is 16.1. The van der Waals surface area contributed by atoms with Gasteiger partial charge in [-0.3, -0.25) is 4.68 Å². The van der Waals surface area contributed by atoms with E-state index in [1.165, 1.54) is 0 Å². The summed E-state index contributed by atoms with van der Waals surface area (Å²) in [6, 6.07) is 4.43. The Morgan fingerprint density at radius 1 is 1.11 bits per heavy atom. The van der Waals surface area contributed by atoms with E-state index in [0.717, 1.165) is 35.6 Å². The van der Waals surface area contributed by atoms with Crippen molar-refractivity contribution >= 4 is 16.9 Å². The second-order valence-corrected chi connectivity index (χ2v) is 6.90. The van der Waals surface area contributed by atoms with Gasteiger partial charge in [-0.1, -0.05) is 11.3 Å². The zero-order valence-corrected chi connectivity index (χ0v) is 14.8. The molecule has 1 aliphatic heterocycles. The fourth-order valence-electron chi connectivity index (χ4n) is 3.36. The molecule has 0 saturated carbocycles. The Labute approximate surface area is 158 Å². The van der Waals surface area contributed by atoms with Crippen LogP contribution in [0.15, 0.2) is 49.3 Å². The summed E-state index contributed by atoms with van der Waals surface area (Å²) in [5.74, 6) is 0. The van der Waals surface area contributed by atoms with E-state index < -0.39 is 0 Å². The average molecular weight is 372 g/mol. The van der Waals surface area contributed by atoms with Gasteiger partial charge in [0.15, 0.2) is 5.65 Å². The van der Waals surface area contributed by atoms with E-state index in [4.69, 9.17) is 4.98 Å². The van der Waals surface area contributed by atoms with Gasteiger partial charge in [0.25, 0.3) is 0 Å². The molecule has 1 N–H and O–H groups in total. The van der Waals surface area contributed by atoms with Crippen molar-refractivity contribution in [1.29, 1.82) is 0 Å². The van der Waals surface area contributed by atoms with Gasteiger partial charge in [0.1, 0.15) is 5.65 Å². The van der Waals surface area contributed by atoms with Crippen LogP contribution in [0.25, 0.3) is 28.2 Å². The van der Waals surface area contributed by atoms with E-state index in [0.29, 0.717) is 23.9 Å². The molecule has 0 bridgehead atoms. The Hall–Kier alpha value is -3.66. The van der Waals surface area contributed by atoms with Crippen LogP contribution in [0.5, 0.6) is 0 Å². The van der Waals surface area contributed by atoms with Crippen molar-refractivity contribution in [2.24, 2.45) is 0 Å². The largest absolute Gasteiger partial charge is 0.312 e. The maximum atomic E-state index is 4.76. The second kappa shape index (κ2) is 5.92. The van der Waals surface area contributed by atoms with E-state index in [1.807, 2.05) is 46.0 Å². The van der Waals surface area contributed by atoms with Crippen LogP contribution < -0.4 is 5.32 Å². The van der Waals surface area contributed by atoms with Crippen LogP contribution >= 0.6 is 0 Å². The summed E-state index contributed by atoms with van der Waals surface area (Å²) >= 11 is 0. The number of nitrogens with one attached hydrogen (secondary N) is 1. The molecule has 1 aliphatic rings. The van der Waals surface area contributed by atoms with Crippen molar-refractivity contribution in [3.05, 3.63) is 54.9 Å². The number of imidazole rings is 1. The lowest BCUT2D eigenvalue weighted by molar-refractivity contribution is 0.318. The Kier molecular flexibility index (Phi) is 3.26. The molecule has 5 aromatic rings. The number of hydrogen-bond acceptors (Lipinski definition) is 7. The van der Waals surface area contributed by atoms with E-state index in [1.54, 1.807) is 17.1 Å². The first-order chi connectivity index (χ1) is 13.8. The first-order valence-electron chi connectivity index (χ1n) is 9.06. The third-order valence-electron chi connectivity index (χ3n) is 5.04. The highest BCUT2D eigenvalue weighted by Crippen LogP contribution is 2.20. The molecule has 5 aromatic heterocycles. The van der Waals surface area contributed by atoms with Crippen LogP contribution in [0.2, 0.25) is 0 Å². The Morgan fingerprint density at radius 2 is 2.07 bits per heavy atom. The zero-order valence-electron chi connectivity index (χ0n) is 14.8. The first kappa shape index (κ1) is 15.4. The summed E-state index contributed by atoms with van der Waals surface area (Å²) < 4.78 is 5.73. The summed E-state index contributed by atoms with van der Waals surface area (Å²) in [5.41, 5.74) is 4.88. The van der Waals surface area contributed by atoms with Crippen molar-refractivity contribution in [2.75, 3.05) is 13.1 Å². The molecule has 28 heavy (non-hydrogen) atoms. The predicted molar refractivity (Wildman–Crippen MR) is 101 cm³/mol. The average Bonchev–Trinajstić information content (AvgIpc) is 3.40. The van der Waals surface area contributed by atoms with E-state index in [2.05, 4.69) is 30.7 Å². The Morgan fingerprint density at radius 3 is 2.96 bits per heavy atom. The molecule has 0 amide bonds. The van der Waals surface area contributed by atoms with Crippen molar-refractivity contribution < 1.29 is 0 Å². The topological polar surface area (TPSA) is 104 Å². The van der Waals surface area contributed by atoms with Crippen LogP contribution in [0.4, 0.5) is 0 Å². The molecular weight excluding hydrogens is 356 g/mol. The van der Waals surface area contributed by atoms with Crippen LogP contribution in [0.1, 0.15) is 11.6 Å². The van der Waals surface area contributed by atoms with Crippen LogP contribution in [-0.4, -0.2) is 57.2 Å². The monoisotopic (exact) mass is 372 g/mol. The molecule has 0 atom stereocenters. The fourth-order valence-corrected chi connectivity index (χ4v) is 3.36. The van der Waals surface area contributed by atoms with Crippen molar-refractivity contribution in [2.45, 2.75) is 12.6 Å². The first-order valence-corrected chi connectivity index (χ1v) is 9.06. The number of hydrogen-bond donors (Lipinski definition) is 1. The van der Waals surface area contributed by atoms with Gasteiger partial charge >= 0.3 is 0 Å². The van der Waals surface area contributed by atoms with Gasteiger partial charge < -0.3 is 9.72 Å².